The molecule has 20 heavy (non-hydrogen) atoms. The van der Waals surface area contributed by atoms with Crippen LogP contribution in [-0.4, -0.2) is 21.5 Å². The predicted octanol–water partition coefficient (Wildman–Crippen LogP) is 3.05. The van der Waals surface area contributed by atoms with Crippen molar-refractivity contribution in [3.8, 4) is 0 Å². The fourth-order valence-electron chi connectivity index (χ4n) is 2.46. The van der Waals surface area contributed by atoms with Crippen molar-refractivity contribution < 1.29 is 0 Å². The van der Waals surface area contributed by atoms with Gasteiger partial charge in [0.15, 0.2) is 0 Å². The van der Waals surface area contributed by atoms with Crippen LogP contribution in [0.5, 0.6) is 0 Å². The Kier molecular flexibility index (Phi) is 3.74. The van der Waals surface area contributed by atoms with E-state index in [9.17, 15) is 0 Å². The highest BCUT2D eigenvalue weighted by atomic mass is 15.0. The number of imidazole rings is 1. The highest BCUT2D eigenvalue weighted by molar-refractivity contribution is 5.82. The van der Waals surface area contributed by atoms with Crippen LogP contribution in [0.15, 0.2) is 48.9 Å². The van der Waals surface area contributed by atoms with Gasteiger partial charge in [0.1, 0.15) is 5.82 Å². The molecule has 3 rings (SSSR count). The number of fused-ring (bicyclic) bond motifs is 1. The molecule has 4 heteroatoms. The molecule has 0 saturated heterocycles. The number of aromatic amines is 1. The number of nitrogens with one attached hydrogen (secondary N) is 2. The average molecular weight is 266 g/mol. The van der Waals surface area contributed by atoms with Crippen LogP contribution >= 0.6 is 0 Å². The number of pyridine rings is 1. The fraction of sp³-hybridized carbons (Fsp3) is 0.250. The van der Waals surface area contributed by atoms with Gasteiger partial charge in [-0.1, -0.05) is 25.1 Å². The molecule has 0 amide bonds. The molecule has 1 unspecified atom stereocenters. The van der Waals surface area contributed by atoms with Crippen molar-refractivity contribution in [2.24, 2.45) is 0 Å². The molecular formula is C16H18N4. The molecule has 0 fully saturated rings. The zero-order valence-corrected chi connectivity index (χ0v) is 11.5. The quantitative estimate of drug-likeness (QED) is 0.746. The molecule has 0 saturated carbocycles. The third-order valence-electron chi connectivity index (χ3n) is 3.38. The molecule has 1 atom stereocenters. The largest absolute Gasteiger partial charge is 0.347 e. The maximum Gasteiger partial charge on any atom is 0.127 e. The lowest BCUT2D eigenvalue weighted by atomic mass is 10.0. The van der Waals surface area contributed by atoms with Crippen LogP contribution in [0.3, 0.4) is 0 Å². The molecule has 1 aromatic carbocycles. The van der Waals surface area contributed by atoms with Crippen molar-refractivity contribution in [2.45, 2.75) is 19.4 Å². The van der Waals surface area contributed by atoms with Crippen LogP contribution in [0.4, 0.5) is 0 Å². The van der Waals surface area contributed by atoms with Crippen LogP contribution in [-0.2, 0) is 0 Å². The number of aromatic nitrogens is 3. The second-order valence-electron chi connectivity index (χ2n) is 4.78. The summed E-state index contributed by atoms with van der Waals surface area (Å²) in [5.74, 6) is 0.940. The Morgan fingerprint density at radius 1 is 1.15 bits per heavy atom. The molecule has 0 bridgehead atoms. The van der Waals surface area contributed by atoms with Gasteiger partial charge in [-0.05, 0) is 30.7 Å². The van der Waals surface area contributed by atoms with Gasteiger partial charge in [-0.15, -0.1) is 0 Å². The minimum Gasteiger partial charge on any atom is -0.347 e. The van der Waals surface area contributed by atoms with E-state index < -0.39 is 0 Å². The summed E-state index contributed by atoms with van der Waals surface area (Å²) in [4.78, 5) is 12.1. The van der Waals surface area contributed by atoms with Crippen LogP contribution < -0.4 is 5.32 Å². The van der Waals surface area contributed by atoms with E-state index >= 15 is 0 Å². The maximum absolute atomic E-state index is 4.43. The average Bonchev–Trinajstić information content (AvgIpc) is 3.02. The zero-order chi connectivity index (χ0) is 13.8. The minimum atomic E-state index is 0.0675. The Labute approximate surface area is 118 Å². The molecule has 0 radical (unpaired) electrons. The maximum atomic E-state index is 4.43. The lowest BCUT2D eigenvalue weighted by molar-refractivity contribution is 0.579. The Balaban J connectivity index is 2.09. The van der Waals surface area contributed by atoms with E-state index in [1.165, 1.54) is 10.9 Å². The first-order chi connectivity index (χ1) is 9.90. The monoisotopic (exact) mass is 266 g/mol. The molecule has 2 heterocycles. The van der Waals surface area contributed by atoms with E-state index in [0.717, 1.165) is 24.3 Å². The number of hydrogen-bond donors (Lipinski definition) is 2. The van der Waals surface area contributed by atoms with E-state index in [-0.39, 0.29) is 6.04 Å². The molecular weight excluding hydrogens is 248 g/mol. The topological polar surface area (TPSA) is 53.6 Å². The van der Waals surface area contributed by atoms with Gasteiger partial charge in [-0.3, -0.25) is 4.98 Å². The lowest BCUT2D eigenvalue weighted by Crippen LogP contribution is -2.24. The van der Waals surface area contributed by atoms with Crippen molar-refractivity contribution >= 4 is 10.9 Å². The van der Waals surface area contributed by atoms with Crippen molar-refractivity contribution in [2.75, 3.05) is 6.54 Å². The van der Waals surface area contributed by atoms with Crippen molar-refractivity contribution in [1.82, 2.24) is 20.3 Å². The van der Waals surface area contributed by atoms with Gasteiger partial charge < -0.3 is 10.3 Å². The molecule has 3 aromatic rings. The normalized spacial score (nSPS) is 12.7. The summed E-state index contributed by atoms with van der Waals surface area (Å²) in [7, 11) is 0. The molecule has 4 nitrogen and oxygen atoms in total. The number of hydrogen-bond acceptors (Lipinski definition) is 3. The molecule has 0 aliphatic heterocycles. The van der Waals surface area contributed by atoms with E-state index in [1.54, 1.807) is 6.20 Å². The Hall–Kier alpha value is -2.20. The SMILES string of the molecule is CCCNC(c1ncc[nH]1)c1cccc2ncccc12. The van der Waals surface area contributed by atoms with Crippen LogP contribution in [0, 0.1) is 0 Å². The van der Waals surface area contributed by atoms with Gasteiger partial charge in [0.05, 0.1) is 11.6 Å². The molecule has 102 valence electrons. The van der Waals surface area contributed by atoms with Gasteiger partial charge in [-0.2, -0.15) is 0 Å². The first-order valence-corrected chi connectivity index (χ1v) is 6.96. The smallest absolute Gasteiger partial charge is 0.127 e. The Bertz CT molecular complexity index is 671. The number of benzene rings is 1. The number of nitrogens with zero attached hydrogens (tertiary/aromatic N) is 2. The fourth-order valence-corrected chi connectivity index (χ4v) is 2.46. The van der Waals surface area contributed by atoms with Gasteiger partial charge in [0.2, 0.25) is 0 Å². The van der Waals surface area contributed by atoms with E-state index in [2.05, 4.69) is 39.3 Å². The summed E-state index contributed by atoms with van der Waals surface area (Å²) in [5, 5.41) is 4.73. The van der Waals surface area contributed by atoms with E-state index in [1.807, 2.05) is 30.6 Å². The Morgan fingerprint density at radius 3 is 2.90 bits per heavy atom. The predicted molar refractivity (Wildman–Crippen MR) is 80.5 cm³/mol. The first kappa shape index (κ1) is 12.8. The molecule has 0 aliphatic rings. The van der Waals surface area contributed by atoms with Crippen LogP contribution in [0.1, 0.15) is 30.8 Å². The third kappa shape index (κ3) is 2.42. The summed E-state index contributed by atoms with van der Waals surface area (Å²) in [6.45, 7) is 3.11. The van der Waals surface area contributed by atoms with Gasteiger partial charge >= 0.3 is 0 Å². The molecule has 0 aliphatic carbocycles. The third-order valence-corrected chi connectivity index (χ3v) is 3.38. The van der Waals surface area contributed by atoms with E-state index in [0.29, 0.717) is 0 Å². The molecule has 0 spiro atoms. The van der Waals surface area contributed by atoms with Crippen molar-refractivity contribution in [3.05, 3.63) is 60.3 Å². The Morgan fingerprint density at radius 2 is 2.10 bits per heavy atom. The number of H-pyrrole nitrogens is 1. The van der Waals surface area contributed by atoms with Crippen LogP contribution in [0.2, 0.25) is 0 Å². The summed E-state index contributed by atoms with van der Waals surface area (Å²) in [6.07, 6.45) is 6.56. The van der Waals surface area contributed by atoms with Crippen molar-refractivity contribution in [3.63, 3.8) is 0 Å². The van der Waals surface area contributed by atoms with Crippen LogP contribution in [0.25, 0.3) is 10.9 Å². The summed E-state index contributed by atoms with van der Waals surface area (Å²) in [5.41, 5.74) is 2.22. The molecule has 2 N–H and O–H groups in total. The highest BCUT2D eigenvalue weighted by Crippen LogP contribution is 2.26. The first-order valence-electron chi connectivity index (χ1n) is 6.96. The van der Waals surface area contributed by atoms with Crippen molar-refractivity contribution in [1.29, 1.82) is 0 Å². The van der Waals surface area contributed by atoms with Gasteiger partial charge in [0, 0.05) is 24.0 Å². The standard InChI is InChI=1S/C16H18N4/c1-2-8-18-15(16-19-10-11-20-16)13-5-3-7-14-12(13)6-4-9-17-14/h3-7,9-11,15,18H,2,8H2,1H3,(H,19,20). The van der Waals surface area contributed by atoms with Gasteiger partial charge in [-0.25, -0.2) is 4.98 Å². The summed E-state index contributed by atoms with van der Waals surface area (Å²) < 4.78 is 0. The second kappa shape index (κ2) is 5.84. The zero-order valence-electron chi connectivity index (χ0n) is 11.5. The summed E-state index contributed by atoms with van der Waals surface area (Å²) >= 11 is 0. The number of rotatable bonds is 5. The minimum absolute atomic E-state index is 0.0675. The molecule has 2 aromatic heterocycles. The van der Waals surface area contributed by atoms with Gasteiger partial charge in [0.25, 0.3) is 0 Å². The lowest BCUT2D eigenvalue weighted by Gasteiger charge is -2.18. The highest BCUT2D eigenvalue weighted by Gasteiger charge is 2.17. The van der Waals surface area contributed by atoms with E-state index in [4.69, 9.17) is 0 Å². The second-order valence-corrected chi connectivity index (χ2v) is 4.78. The summed E-state index contributed by atoms with van der Waals surface area (Å²) in [6, 6.07) is 10.4.